The lowest BCUT2D eigenvalue weighted by atomic mass is 9.85. The Balaban J connectivity index is 1.86. The van der Waals surface area contributed by atoms with Gasteiger partial charge in [0.1, 0.15) is 0 Å². The van der Waals surface area contributed by atoms with Gasteiger partial charge in [-0.05, 0) is 19.5 Å². The van der Waals surface area contributed by atoms with Gasteiger partial charge in [0.15, 0.2) is 0 Å². The van der Waals surface area contributed by atoms with Crippen molar-refractivity contribution >= 4 is 0 Å². The van der Waals surface area contributed by atoms with Crippen molar-refractivity contribution in [3.05, 3.63) is 0 Å². The number of rotatable bonds is 0. The lowest BCUT2D eigenvalue weighted by Gasteiger charge is -2.42. The van der Waals surface area contributed by atoms with Crippen LogP contribution < -0.4 is 10.6 Å². The summed E-state index contributed by atoms with van der Waals surface area (Å²) in [6.07, 6.45) is 1.25. The van der Waals surface area contributed by atoms with Crippen molar-refractivity contribution in [2.45, 2.75) is 6.42 Å². The van der Waals surface area contributed by atoms with Crippen LogP contribution in [-0.2, 0) is 4.74 Å². The zero-order chi connectivity index (χ0) is 7.57. The molecule has 0 aromatic rings. The molecule has 3 nitrogen and oxygen atoms in total. The molecular formula is C8H16N2O. The molecule has 0 aliphatic carbocycles. The van der Waals surface area contributed by atoms with Crippen LogP contribution in [0.5, 0.6) is 0 Å². The smallest absolute Gasteiger partial charge is 0.0569 e. The van der Waals surface area contributed by atoms with E-state index in [2.05, 4.69) is 10.6 Å². The van der Waals surface area contributed by atoms with E-state index in [4.69, 9.17) is 4.74 Å². The SMILES string of the molecule is C1CNCC2(CNC1)COC2. The Hall–Kier alpha value is -0.120. The summed E-state index contributed by atoms with van der Waals surface area (Å²) in [7, 11) is 0. The monoisotopic (exact) mass is 156 g/mol. The fourth-order valence-electron chi connectivity index (χ4n) is 1.70. The average Bonchev–Trinajstić information content (AvgIpc) is 1.82. The lowest BCUT2D eigenvalue weighted by Crippen LogP contribution is -2.56. The van der Waals surface area contributed by atoms with E-state index in [1.807, 2.05) is 0 Å². The maximum atomic E-state index is 5.23. The Morgan fingerprint density at radius 3 is 2.09 bits per heavy atom. The van der Waals surface area contributed by atoms with Gasteiger partial charge in [0.05, 0.1) is 13.2 Å². The van der Waals surface area contributed by atoms with E-state index >= 15 is 0 Å². The topological polar surface area (TPSA) is 33.3 Å². The summed E-state index contributed by atoms with van der Waals surface area (Å²) in [6, 6.07) is 0. The van der Waals surface area contributed by atoms with Crippen LogP contribution in [0.15, 0.2) is 0 Å². The highest BCUT2D eigenvalue weighted by Gasteiger charge is 2.38. The first-order chi connectivity index (χ1) is 5.41. The van der Waals surface area contributed by atoms with E-state index in [0.717, 1.165) is 39.4 Å². The molecule has 0 unspecified atom stereocenters. The average molecular weight is 156 g/mol. The van der Waals surface area contributed by atoms with Crippen molar-refractivity contribution in [1.29, 1.82) is 0 Å². The van der Waals surface area contributed by atoms with Crippen LogP contribution in [0.2, 0.25) is 0 Å². The van der Waals surface area contributed by atoms with Crippen molar-refractivity contribution < 1.29 is 4.74 Å². The molecule has 64 valence electrons. The van der Waals surface area contributed by atoms with Crippen molar-refractivity contribution in [1.82, 2.24) is 10.6 Å². The molecule has 2 aliphatic heterocycles. The quantitative estimate of drug-likeness (QED) is 0.500. The summed E-state index contributed by atoms with van der Waals surface area (Å²) in [4.78, 5) is 0. The molecule has 2 fully saturated rings. The van der Waals surface area contributed by atoms with Crippen molar-refractivity contribution in [2.24, 2.45) is 5.41 Å². The van der Waals surface area contributed by atoms with Gasteiger partial charge in [-0.3, -0.25) is 0 Å². The maximum Gasteiger partial charge on any atom is 0.0569 e. The molecule has 11 heavy (non-hydrogen) atoms. The van der Waals surface area contributed by atoms with E-state index in [1.54, 1.807) is 0 Å². The van der Waals surface area contributed by atoms with Gasteiger partial charge in [0, 0.05) is 18.5 Å². The second kappa shape index (κ2) is 3.09. The van der Waals surface area contributed by atoms with E-state index in [-0.39, 0.29) is 0 Å². The third-order valence-electron chi connectivity index (χ3n) is 2.52. The van der Waals surface area contributed by atoms with Gasteiger partial charge in [-0.2, -0.15) is 0 Å². The first-order valence-corrected chi connectivity index (χ1v) is 4.41. The molecular weight excluding hydrogens is 140 g/mol. The highest BCUT2D eigenvalue weighted by Crippen LogP contribution is 2.25. The summed E-state index contributed by atoms with van der Waals surface area (Å²) >= 11 is 0. The summed E-state index contributed by atoms with van der Waals surface area (Å²) in [5.41, 5.74) is 0.431. The fourth-order valence-corrected chi connectivity index (χ4v) is 1.70. The van der Waals surface area contributed by atoms with Gasteiger partial charge >= 0.3 is 0 Å². The van der Waals surface area contributed by atoms with Crippen LogP contribution in [0, 0.1) is 5.41 Å². The van der Waals surface area contributed by atoms with Gasteiger partial charge in [-0.25, -0.2) is 0 Å². The molecule has 0 saturated carbocycles. The molecule has 1 spiro atoms. The second-order valence-electron chi connectivity index (χ2n) is 3.70. The first kappa shape index (κ1) is 7.53. The van der Waals surface area contributed by atoms with Gasteiger partial charge < -0.3 is 15.4 Å². The van der Waals surface area contributed by atoms with E-state index in [0.29, 0.717) is 5.41 Å². The third-order valence-corrected chi connectivity index (χ3v) is 2.52. The standard InChI is InChI=1S/C8H16N2O/c1-2-9-4-8(5-10-3-1)6-11-7-8/h9-10H,1-7H2. The van der Waals surface area contributed by atoms with Crippen LogP contribution in [0.25, 0.3) is 0 Å². The van der Waals surface area contributed by atoms with Crippen LogP contribution in [0.3, 0.4) is 0 Å². The van der Waals surface area contributed by atoms with E-state index in [1.165, 1.54) is 6.42 Å². The molecule has 0 amide bonds. The van der Waals surface area contributed by atoms with Gasteiger partial charge in [-0.1, -0.05) is 0 Å². The molecule has 2 aliphatic rings. The number of hydrogen-bond acceptors (Lipinski definition) is 3. The zero-order valence-electron chi connectivity index (χ0n) is 6.86. The fraction of sp³-hybridized carbons (Fsp3) is 1.00. The predicted octanol–water partition coefficient (Wildman–Crippen LogP) is -0.414. The van der Waals surface area contributed by atoms with Crippen LogP contribution >= 0.6 is 0 Å². The number of ether oxygens (including phenoxy) is 1. The Morgan fingerprint density at radius 2 is 1.64 bits per heavy atom. The molecule has 0 aromatic carbocycles. The largest absolute Gasteiger partial charge is 0.380 e. The molecule has 0 bridgehead atoms. The number of nitrogens with one attached hydrogen (secondary N) is 2. The van der Waals surface area contributed by atoms with Crippen LogP contribution in [0.4, 0.5) is 0 Å². The zero-order valence-corrected chi connectivity index (χ0v) is 6.86. The van der Waals surface area contributed by atoms with Gasteiger partial charge in [0.25, 0.3) is 0 Å². The van der Waals surface area contributed by atoms with Crippen LogP contribution in [0.1, 0.15) is 6.42 Å². The van der Waals surface area contributed by atoms with Crippen molar-refractivity contribution in [3.8, 4) is 0 Å². The summed E-state index contributed by atoms with van der Waals surface area (Å²) < 4.78 is 5.23. The van der Waals surface area contributed by atoms with Crippen LogP contribution in [-0.4, -0.2) is 39.4 Å². The molecule has 0 aromatic heterocycles. The van der Waals surface area contributed by atoms with Gasteiger partial charge in [-0.15, -0.1) is 0 Å². The normalized spacial score (nSPS) is 30.5. The summed E-state index contributed by atoms with van der Waals surface area (Å²) in [5, 5.41) is 6.92. The molecule has 0 atom stereocenters. The van der Waals surface area contributed by atoms with Gasteiger partial charge in [0.2, 0.25) is 0 Å². The molecule has 2 saturated heterocycles. The predicted molar refractivity (Wildman–Crippen MR) is 43.6 cm³/mol. The van der Waals surface area contributed by atoms with Crippen molar-refractivity contribution in [3.63, 3.8) is 0 Å². The minimum atomic E-state index is 0.431. The molecule has 3 heteroatoms. The summed E-state index contributed by atoms with van der Waals surface area (Å²) in [6.45, 7) is 6.42. The lowest BCUT2D eigenvalue weighted by molar-refractivity contribution is -0.110. The highest BCUT2D eigenvalue weighted by molar-refractivity contribution is 4.90. The summed E-state index contributed by atoms with van der Waals surface area (Å²) in [5.74, 6) is 0. The third kappa shape index (κ3) is 1.55. The second-order valence-corrected chi connectivity index (χ2v) is 3.70. The maximum absolute atomic E-state index is 5.23. The molecule has 2 heterocycles. The number of hydrogen-bond donors (Lipinski definition) is 2. The first-order valence-electron chi connectivity index (χ1n) is 4.41. The Labute approximate surface area is 67.5 Å². The van der Waals surface area contributed by atoms with Crippen molar-refractivity contribution in [2.75, 3.05) is 39.4 Å². The highest BCUT2D eigenvalue weighted by atomic mass is 16.5. The molecule has 2 N–H and O–H groups in total. The van der Waals surface area contributed by atoms with E-state index in [9.17, 15) is 0 Å². The Morgan fingerprint density at radius 1 is 1.00 bits per heavy atom. The minimum absolute atomic E-state index is 0.431. The Kier molecular flexibility index (Phi) is 2.11. The molecule has 0 radical (unpaired) electrons. The minimum Gasteiger partial charge on any atom is -0.380 e. The Bertz CT molecular complexity index is 124. The van der Waals surface area contributed by atoms with E-state index < -0.39 is 0 Å². The molecule has 2 rings (SSSR count).